The average molecular weight is 307 g/mol. The fourth-order valence-corrected chi connectivity index (χ4v) is 3.03. The molecule has 0 radical (unpaired) electrons. The molecule has 5 nitrogen and oxygen atoms in total. The molecule has 1 fully saturated rings. The first-order valence-electron chi connectivity index (χ1n) is 7.14. The molecule has 0 spiro atoms. The molecular formula is C15H19ClN4O. The van der Waals surface area contributed by atoms with Crippen LogP contribution in [-0.4, -0.2) is 45.0 Å². The third-order valence-electron chi connectivity index (χ3n) is 3.56. The van der Waals surface area contributed by atoms with Crippen molar-refractivity contribution in [2.45, 2.75) is 32.7 Å². The largest absolute Gasteiger partial charge is 0.373 e. The van der Waals surface area contributed by atoms with E-state index in [0.717, 1.165) is 24.5 Å². The van der Waals surface area contributed by atoms with Crippen molar-refractivity contribution in [1.29, 1.82) is 0 Å². The van der Waals surface area contributed by atoms with Gasteiger partial charge in [-0.15, -0.1) is 0 Å². The van der Waals surface area contributed by atoms with E-state index in [9.17, 15) is 0 Å². The second-order valence-electron chi connectivity index (χ2n) is 5.50. The molecule has 2 aromatic rings. The second kappa shape index (κ2) is 6.13. The lowest BCUT2D eigenvalue weighted by atomic mass is 10.2. The van der Waals surface area contributed by atoms with Crippen molar-refractivity contribution in [1.82, 2.24) is 19.7 Å². The second-order valence-corrected chi connectivity index (χ2v) is 5.90. The minimum atomic E-state index is 0.237. The maximum absolute atomic E-state index is 6.26. The van der Waals surface area contributed by atoms with Gasteiger partial charge in [-0.3, -0.25) is 4.90 Å². The zero-order chi connectivity index (χ0) is 14.8. The summed E-state index contributed by atoms with van der Waals surface area (Å²) in [6, 6.07) is 7.71. The van der Waals surface area contributed by atoms with Crippen LogP contribution in [0.1, 0.15) is 13.8 Å². The first kappa shape index (κ1) is 14.5. The molecule has 0 aliphatic carbocycles. The summed E-state index contributed by atoms with van der Waals surface area (Å²) in [6.45, 7) is 6.68. The Morgan fingerprint density at radius 2 is 1.95 bits per heavy atom. The summed E-state index contributed by atoms with van der Waals surface area (Å²) < 4.78 is 7.66. The topological polar surface area (TPSA) is 43.2 Å². The number of nitrogens with zero attached hydrogens (tertiary/aromatic N) is 4. The van der Waals surface area contributed by atoms with E-state index in [0.29, 0.717) is 11.7 Å². The van der Waals surface area contributed by atoms with Gasteiger partial charge in [-0.2, -0.15) is 5.10 Å². The first-order chi connectivity index (χ1) is 10.1. The smallest absolute Gasteiger partial charge is 0.160 e. The van der Waals surface area contributed by atoms with E-state index < -0.39 is 0 Å². The van der Waals surface area contributed by atoms with E-state index in [4.69, 9.17) is 16.3 Å². The Morgan fingerprint density at radius 3 is 2.67 bits per heavy atom. The van der Waals surface area contributed by atoms with Gasteiger partial charge in [0.15, 0.2) is 5.82 Å². The summed E-state index contributed by atoms with van der Waals surface area (Å²) in [5, 5.41) is 5.03. The van der Waals surface area contributed by atoms with Gasteiger partial charge < -0.3 is 4.74 Å². The van der Waals surface area contributed by atoms with Crippen molar-refractivity contribution in [3.8, 4) is 11.4 Å². The van der Waals surface area contributed by atoms with Gasteiger partial charge in [0.05, 0.1) is 23.9 Å². The lowest BCUT2D eigenvalue weighted by Gasteiger charge is -2.35. The fourth-order valence-electron chi connectivity index (χ4n) is 2.81. The van der Waals surface area contributed by atoms with Crippen molar-refractivity contribution in [2.75, 3.05) is 13.1 Å². The van der Waals surface area contributed by atoms with Gasteiger partial charge in [0.25, 0.3) is 0 Å². The Morgan fingerprint density at radius 1 is 1.24 bits per heavy atom. The molecule has 0 amide bonds. The minimum Gasteiger partial charge on any atom is -0.373 e. The van der Waals surface area contributed by atoms with Crippen LogP contribution in [0, 0.1) is 0 Å². The monoisotopic (exact) mass is 306 g/mol. The van der Waals surface area contributed by atoms with E-state index in [1.165, 1.54) is 0 Å². The zero-order valence-corrected chi connectivity index (χ0v) is 13.0. The third kappa shape index (κ3) is 3.26. The van der Waals surface area contributed by atoms with Crippen LogP contribution in [0.2, 0.25) is 5.02 Å². The van der Waals surface area contributed by atoms with Gasteiger partial charge in [0, 0.05) is 18.7 Å². The predicted octanol–water partition coefficient (Wildman–Crippen LogP) is 2.67. The van der Waals surface area contributed by atoms with Gasteiger partial charge in [0.1, 0.15) is 6.33 Å². The normalized spacial score (nSPS) is 23.4. The number of benzene rings is 1. The predicted molar refractivity (Wildman–Crippen MR) is 82.1 cm³/mol. The minimum absolute atomic E-state index is 0.237. The lowest BCUT2D eigenvalue weighted by molar-refractivity contribution is -0.0774. The van der Waals surface area contributed by atoms with Crippen LogP contribution in [0.4, 0.5) is 0 Å². The van der Waals surface area contributed by atoms with E-state index in [1.54, 1.807) is 6.33 Å². The summed E-state index contributed by atoms with van der Waals surface area (Å²) in [6.07, 6.45) is 2.05. The van der Waals surface area contributed by atoms with Crippen molar-refractivity contribution in [2.24, 2.45) is 0 Å². The van der Waals surface area contributed by atoms with E-state index in [2.05, 4.69) is 28.8 Å². The van der Waals surface area contributed by atoms with Crippen LogP contribution < -0.4 is 0 Å². The van der Waals surface area contributed by atoms with Gasteiger partial charge in [-0.1, -0.05) is 23.7 Å². The fraction of sp³-hybridized carbons (Fsp3) is 0.467. The summed E-state index contributed by atoms with van der Waals surface area (Å²) >= 11 is 6.26. The Balaban J connectivity index is 1.82. The standard InChI is InChI=1S/C15H19ClN4O/c1-11-7-19(8-12(2)21-11)10-20-15(17-9-18-20)13-5-3-4-6-14(13)16/h3-6,9,11-12H,7-8,10H2,1-2H3/t11-,12-/m0/s1. The van der Waals surface area contributed by atoms with Crippen molar-refractivity contribution in [3.05, 3.63) is 35.6 Å². The highest BCUT2D eigenvalue weighted by atomic mass is 35.5. The molecule has 6 heteroatoms. The Bertz CT molecular complexity index is 605. The summed E-state index contributed by atoms with van der Waals surface area (Å²) in [7, 11) is 0. The number of halogens is 1. The van der Waals surface area contributed by atoms with Gasteiger partial charge >= 0.3 is 0 Å². The molecular weight excluding hydrogens is 288 g/mol. The molecule has 0 N–H and O–H groups in total. The Labute approximate surface area is 129 Å². The average Bonchev–Trinajstić information content (AvgIpc) is 2.86. The van der Waals surface area contributed by atoms with E-state index in [1.807, 2.05) is 28.9 Å². The number of aromatic nitrogens is 3. The summed E-state index contributed by atoms with van der Waals surface area (Å²) in [4.78, 5) is 6.69. The highest BCUT2D eigenvalue weighted by Crippen LogP contribution is 2.25. The maximum Gasteiger partial charge on any atom is 0.160 e. The molecule has 1 aliphatic heterocycles. The van der Waals surface area contributed by atoms with Crippen LogP contribution in [0.3, 0.4) is 0 Å². The molecule has 1 aromatic heterocycles. The van der Waals surface area contributed by atoms with Crippen molar-refractivity contribution < 1.29 is 4.74 Å². The molecule has 1 saturated heterocycles. The van der Waals surface area contributed by atoms with Crippen LogP contribution in [-0.2, 0) is 11.4 Å². The number of rotatable bonds is 3. The van der Waals surface area contributed by atoms with Gasteiger partial charge in [0.2, 0.25) is 0 Å². The molecule has 0 saturated carbocycles. The van der Waals surface area contributed by atoms with Gasteiger partial charge in [-0.25, -0.2) is 9.67 Å². The molecule has 2 atom stereocenters. The van der Waals surface area contributed by atoms with Crippen molar-refractivity contribution in [3.63, 3.8) is 0 Å². The Kier molecular flexibility index (Phi) is 4.24. The number of morpholine rings is 1. The lowest BCUT2D eigenvalue weighted by Crippen LogP contribution is -2.46. The van der Waals surface area contributed by atoms with Crippen molar-refractivity contribution >= 4 is 11.6 Å². The quantitative estimate of drug-likeness (QED) is 0.874. The molecule has 21 heavy (non-hydrogen) atoms. The first-order valence-corrected chi connectivity index (χ1v) is 7.52. The Hall–Kier alpha value is -1.43. The molecule has 0 bridgehead atoms. The highest BCUT2D eigenvalue weighted by Gasteiger charge is 2.23. The molecule has 1 aromatic carbocycles. The zero-order valence-electron chi connectivity index (χ0n) is 12.2. The molecule has 3 rings (SSSR count). The van der Waals surface area contributed by atoms with E-state index >= 15 is 0 Å². The van der Waals surface area contributed by atoms with Crippen LogP contribution in [0.5, 0.6) is 0 Å². The van der Waals surface area contributed by atoms with Crippen LogP contribution in [0.15, 0.2) is 30.6 Å². The highest BCUT2D eigenvalue weighted by molar-refractivity contribution is 6.33. The third-order valence-corrected chi connectivity index (χ3v) is 3.89. The summed E-state index contributed by atoms with van der Waals surface area (Å²) in [5.74, 6) is 0.799. The molecule has 2 heterocycles. The SMILES string of the molecule is C[C@H]1CN(Cn2ncnc2-c2ccccc2Cl)C[C@H](C)O1. The molecule has 0 unspecified atom stereocenters. The number of hydrogen-bond donors (Lipinski definition) is 0. The number of hydrogen-bond acceptors (Lipinski definition) is 4. The molecule has 112 valence electrons. The van der Waals surface area contributed by atoms with Crippen LogP contribution in [0.25, 0.3) is 11.4 Å². The summed E-state index contributed by atoms with van der Waals surface area (Å²) in [5.41, 5.74) is 0.908. The van der Waals surface area contributed by atoms with Crippen LogP contribution >= 0.6 is 11.6 Å². The van der Waals surface area contributed by atoms with Gasteiger partial charge in [-0.05, 0) is 26.0 Å². The van der Waals surface area contributed by atoms with E-state index in [-0.39, 0.29) is 12.2 Å². The molecule has 1 aliphatic rings. The maximum atomic E-state index is 6.26. The number of ether oxygens (including phenoxy) is 1.